The number of benzene rings is 1. The molecular formula is C18H27N3O2S. The molecule has 0 N–H and O–H groups in total. The van der Waals surface area contributed by atoms with Crippen molar-refractivity contribution in [1.82, 2.24) is 14.7 Å². The van der Waals surface area contributed by atoms with E-state index < -0.39 is 0 Å². The second-order valence-electron chi connectivity index (χ2n) is 5.91. The van der Waals surface area contributed by atoms with Crippen LogP contribution in [-0.4, -0.2) is 78.6 Å². The van der Waals surface area contributed by atoms with Crippen LogP contribution in [0, 0.1) is 0 Å². The quantitative estimate of drug-likeness (QED) is 0.737. The van der Waals surface area contributed by atoms with E-state index in [1.165, 1.54) is 0 Å². The Bertz CT molecular complexity index is 571. The van der Waals surface area contributed by atoms with Crippen molar-refractivity contribution in [2.75, 3.05) is 52.1 Å². The maximum atomic E-state index is 12.8. The van der Waals surface area contributed by atoms with Crippen LogP contribution in [0.4, 0.5) is 0 Å². The summed E-state index contributed by atoms with van der Waals surface area (Å²) in [6, 6.07) is 7.81. The number of amides is 2. The van der Waals surface area contributed by atoms with Crippen LogP contribution in [0.3, 0.4) is 0 Å². The van der Waals surface area contributed by atoms with E-state index in [0.717, 1.165) is 35.8 Å². The first-order valence-corrected chi connectivity index (χ1v) is 9.52. The number of carbonyl (C=O) groups is 2. The van der Waals surface area contributed by atoms with Gasteiger partial charge in [0.05, 0.1) is 12.1 Å². The van der Waals surface area contributed by atoms with E-state index in [1.54, 1.807) is 16.7 Å². The van der Waals surface area contributed by atoms with Crippen LogP contribution in [0.2, 0.25) is 0 Å². The molecule has 24 heavy (non-hydrogen) atoms. The Morgan fingerprint density at radius 2 is 1.79 bits per heavy atom. The van der Waals surface area contributed by atoms with Crippen molar-refractivity contribution in [2.45, 2.75) is 18.7 Å². The van der Waals surface area contributed by atoms with Crippen LogP contribution in [0.25, 0.3) is 0 Å². The molecule has 1 fully saturated rings. The highest BCUT2D eigenvalue weighted by atomic mass is 32.2. The van der Waals surface area contributed by atoms with Crippen LogP contribution in [-0.2, 0) is 4.79 Å². The third-order valence-electron chi connectivity index (χ3n) is 4.34. The van der Waals surface area contributed by atoms with Crippen LogP contribution < -0.4 is 0 Å². The second-order valence-corrected chi connectivity index (χ2v) is 7.21. The van der Waals surface area contributed by atoms with Gasteiger partial charge < -0.3 is 9.80 Å². The number of nitrogens with zero attached hydrogens (tertiary/aromatic N) is 3. The molecule has 5 nitrogen and oxygen atoms in total. The normalized spacial score (nSPS) is 15.4. The molecule has 0 saturated carbocycles. The minimum Gasteiger partial charge on any atom is -0.345 e. The van der Waals surface area contributed by atoms with Gasteiger partial charge in [-0.25, -0.2) is 0 Å². The summed E-state index contributed by atoms with van der Waals surface area (Å²) >= 11 is 1.70. The first-order chi connectivity index (χ1) is 11.6. The van der Waals surface area contributed by atoms with Crippen LogP contribution in [0.1, 0.15) is 24.2 Å². The summed E-state index contributed by atoms with van der Waals surface area (Å²) in [6.07, 6.45) is 0. The summed E-state index contributed by atoms with van der Waals surface area (Å²) in [5.74, 6) is 1.19. The highest BCUT2D eigenvalue weighted by molar-refractivity contribution is 7.99. The van der Waals surface area contributed by atoms with Gasteiger partial charge in [0.25, 0.3) is 5.91 Å². The topological polar surface area (TPSA) is 43.9 Å². The highest BCUT2D eigenvalue weighted by Gasteiger charge is 2.25. The fraction of sp³-hybridized carbons (Fsp3) is 0.556. The van der Waals surface area contributed by atoms with Crippen molar-refractivity contribution in [3.63, 3.8) is 0 Å². The van der Waals surface area contributed by atoms with E-state index in [1.807, 2.05) is 43.1 Å². The molecule has 0 bridgehead atoms. The molecule has 1 aliphatic rings. The SMILES string of the molecule is CCSc1ccccc1C(=O)N1CCN(CC(=O)N(C)CC)CC1. The van der Waals surface area contributed by atoms with Crippen molar-refractivity contribution in [3.05, 3.63) is 29.8 Å². The number of rotatable bonds is 6. The molecule has 1 heterocycles. The Hall–Kier alpha value is -1.53. The van der Waals surface area contributed by atoms with E-state index in [-0.39, 0.29) is 11.8 Å². The molecule has 2 amide bonds. The first-order valence-electron chi connectivity index (χ1n) is 8.54. The lowest BCUT2D eigenvalue weighted by atomic mass is 10.2. The van der Waals surface area contributed by atoms with Crippen molar-refractivity contribution in [1.29, 1.82) is 0 Å². The zero-order chi connectivity index (χ0) is 17.5. The van der Waals surface area contributed by atoms with Gasteiger partial charge >= 0.3 is 0 Å². The van der Waals surface area contributed by atoms with Gasteiger partial charge in [0.1, 0.15) is 0 Å². The van der Waals surface area contributed by atoms with Crippen molar-refractivity contribution in [3.8, 4) is 0 Å². The molecule has 1 aromatic rings. The molecule has 2 rings (SSSR count). The zero-order valence-corrected chi connectivity index (χ0v) is 15.6. The third kappa shape index (κ3) is 4.74. The first kappa shape index (κ1) is 18.8. The predicted octanol–water partition coefficient (Wildman–Crippen LogP) is 2.03. The Morgan fingerprint density at radius 3 is 2.42 bits per heavy atom. The number of carbonyl (C=O) groups excluding carboxylic acids is 2. The van der Waals surface area contributed by atoms with E-state index in [9.17, 15) is 9.59 Å². The smallest absolute Gasteiger partial charge is 0.255 e. The molecule has 0 spiro atoms. The Labute approximate surface area is 149 Å². The summed E-state index contributed by atoms with van der Waals surface area (Å²) in [5.41, 5.74) is 0.791. The molecular weight excluding hydrogens is 322 g/mol. The standard InChI is InChI=1S/C18H27N3O2S/c1-4-19(3)17(22)14-20-10-12-21(13-11-20)18(23)15-8-6-7-9-16(15)24-5-2/h6-9H,4-5,10-14H2,1-3H3. The summed E-state index contributed by atoms with van der Waals surface area (Å²) in [5, 5.41) is 0. The van der Waals surface area contributed by atoms with E-state index in [4.69, 9.17) is 0 Å². The highest BCUT2D eigenvalue weighted by Crippen LogP contribution is 2.23. The Balaban J connectivity index is 1.92. The van der Waals surface area contributed by atoms with Gasteiger partial charge in [0, 0.05) is 44.7 Å². The summed E-state index contributed by atoms with van der Waals surface area (Å²) in [6.45, 7) is 8.07. The van der Waals surface area contributed by atoms with Crippen molar-refractivity contribution < 1.29 is 9.59 Å². The van der Waals surface area contributed by atoms with Crippen molar-refractivity contribution in [2.24, 2.45) is 0 Å². The van der Waals surface area contributed by atoms with Crippen LogP contribution in [0.15, 0.2) is 29.2 Å². The van der Waals surface area contributed by atoms with Gasteiger partial charge in [0.2, 0.25) is 5.91 Å². The molecule has 0 aliphatic carbocycles. The minimum atomic E-state index is 0.100. The maximum Gasteiger partial charge on any atom is 0.255 e. The molecule has 1 aromatic carbocycles. The summed E-state index contributed by atoms with van der Waals surface area (Å²) in [7, 11) is 1.82. The number of likely N-dealkylation sites (N-methyl/N-ethyl adjacent to an activating group) is 1. The Kier molecular flexibility index (Phi) is 7.12. The van der Waals surface area contributed by atoms with E-state index in [2.05, 4.69) is 11.8 Å². The number of hydrogen-bond acceptors (Lipinski definition) is 4. The maximum absolute atomic E-state index is 12.8. The molecule has 6 heteroatoms. The lowest BCUT2D eigenvalue weighted by molar-refractivity contribution is -0.131. The molecule has 132 valence electrons. The molecule has 0 unspecified atom stereocenters. The molecule has 0 aromatic heterocycles. The van der Waals surface area contributed by atoms with E-state index >= 15 is 0 Å². The summed E-state index contributed by atoms with van der Waals surface area (Å²) < 4.78 is 0. The fourth-order valence-corrected chi connectivity index (χ4v) is 3.49. The molecule has 0 atom stereocenters. The lowest BCUT2D eigenvalue weighted by Crippen LogP contribution is -2.51. The number of hydrogen-bond donors (Lipinski definition) is 0. The van der Waals surface area contributed by atoms with Gasteiger partial charge in [-0.1, -0.05) is 19.1 Å². The predicted molar refractivity (Wildman–Crippen MR) is 98.5 cm³/mol. The lowest BCUT2D eigenvalue weighted by Gasteiger charge is -2.35. The Morgan fingerprint density at radius 1 is 1.12 bits per heavy atom. The van der Waals surface area contributed by atoms with Gasteiger partial charge in [-0.05, 0) is 24.8 Å². The van der Waals surface area contributed by atoms with E-state index in [0.29, 0.717) is 19.6 Å². The average molecular weight is 350 g/mol. The monoisotopic (exact) mass is 349 g/mol. The second kappa shape index (κ2) is 9.08. The number of piperazine rings is 1. The van der Waals surface area contributed by atoms with Gasteiger partial charge in [-0.3, -0.25) is 14.5 Å². The van der Waals surface area contributed by atoms with Gasteiger partial charge in [-0.15, -0.1) is 11.8 Å². The third-order valence-corrected chi connectivity index (χ3v) is 5.29. The fourth-order valence-electron chi connectivity index (χ4n) is 2.69. The zero-order valence-electron chi connectivity index (χ0n) is 14.8. The minimum absolute atomic E-state index is 0.100. The van der Waals surface area contributed by atoms with Crippen LogP contribution in [0.5, 0.6) is 0 Å². The molecule has 0 radical (unpaired) electrons. The number of thioether (sulfide) groups is 1. The van der Waals surface area contributed by atoms with Crippen molar-refractivity contribution >= 4 is 23.6 Å². The largest absolute Gasteiger partial charge is 0.345 e. The average Bonchev–Trinajstić information content (AvgIpc) is 2.61. The molecule has 1 aliphatic heterocycles. The van der Waals surface area contributed by atoms with Crippen LogP contribution >= 0.6 is 11.8 Å². The van der Waals surface area contributed by atoms with Gasteiger partial charge in [-0.2, -0.15) is 0 Å². The molecule has 1 saturated heterocycles. The van der Waals surface area contributed by atoms with Gasteiger partial charge in [0.15, 0.2) is 0 Å². The summed E-state index contributed by atoms with van der Waals surface area (Å²) in [4.78, 5) is 31.6.